The third-order valence-corrected chi connectivity index (χ3v) is 4.53. The van der Waals surface area contributed by atoms with Gasteiger partial charge < -0.3 is 20.5 Å². The number of rotatable bonds is 1. The highest BCUT2D eigenvalue weighted by Crippen LogP contribution is 2.30. The van der Waals surface area contributed by atoms with Crippen LogP contribution in [-0.4, -0.2) is 59.8 Å². The molecule has 2 aliphatic heterocycles. The molecule has 1 aromatic rings. The maximum atomic E-state index is 11.0. The number of amides is 1. The number of ether oxygens (including phenoxy) is 1. The van der Waals surface area contributed by atoms with Gasteiger partial charge in [0.2, 0.25) is 0 Å². The molecule has 2 aliphatic rings. The minimum atomic E-state index is -0.844. The smallest absolute Gasteiger partial charge is 0.407 e. The van der Waals surface area contributed by atoms with E-state index in [1.165, 1.54) is 4.90 Å². The van der Waals surface area contributed by atoms with Crippen LogP contribution in [-0.2, 0) is 4.74 Å². The van der Waals surface area contributed by atoms with Crippen LogP contribution in [0, 0.1) is 6.92 Å². The monoisotopic (exact) mass is 291 g/mol. The molecule has 2 atom stereocenters. The number of benzene rings is 1. The molecule has 0 aromatic heterocycles. The van der Waals surface area contributed by atoms with Crippen molar-refractivity contribution in [3.05, 3.63) is 29.3 Å². The molecule has 0 spiro atoms. The standard InChI is InChI=1S/C15H21N3O3/c1-10-12(3-2-4-13(10)16)14-8-17-5-6-18(15(19)20)7-11(17)9-21-14/h2-4,11,14H,5-9,16H2,1H3,(H,19,20). The molecule has 2 fully saturated rings. The lowest BCUT2D eigenvalue weighted by molar-refractivity contribution is -0.0868. The van der Waals surface area contributed by atoms with Crippen molar-refractivity contribution in [1.82, 2.24) is 9.80 Å². The van der Waals surface area contributed by atoms with Crippen LogP contribution in [0.3, 0.4) is 0 Å². The molecule has 1 aromatic carbocycles. The Morgan fingerprint density at radius 2 is 2.19 bits per heavy atom. The second-order valence-corrected chi connectivity index (χ2v) is 5.76. The largest absolute Gasteiger partial charge is 0.465 e. The van der Waals surface area contributed by atoms with Gasteiger partial charge in [-0.2, -0.15) is 0 Å². The molecule has 2 unspecified atom stereocenters. The van der Waals surface area contributed by atoms with Crippen LogP contribution < -0.4 is 5.73 Å². The van der Waals surface area contributed by atoms with Gasteiger partial charge in [-0.1, -0.05) is 12.1 Å². The predicted octanol–water partition coefficient (Wildman–Crippen LogP) is 1.31. The molecule has 114 valence electrons. The van der Waals surface area contributed by atoms with Gasteiger partial charge >= 0.3 is 6.09 Å². The average Bonchev–Trinajstić information content (AvgIpc) is 2.49. The van der Waals surface area contributed by atoms with Crippen LogP contribution in [0.25, 0.3) is 0 Å². The van der Waals surface area contributed by atoms with E-state index in [-0.39, 0.29) is 12.1 Å². The fourth-order valence-corrected chi connectivity index (χ4v) is 3.17. The summed E-state index contributed by atoms with van der Waals surface area (Å²) in [5, 5.41) is 9.08. The Hall–Kier alpha value is -1.79. The molecule has 3 N–H and O–H groups in total. The Labute approximate surface area is 124 Å². The first-order chi connectivity index (χ1) is 10.1. The molecule has 2 heterocycles. The number of hydrogen-bond donors (Lipinski definition) is 2. The quantitative estimate of drug-likeness (QED) is 0.763. The molecule has 3 rings (SSSR count). The van der Waals surface area contributed by atoms with E-state index in [4.69, 9.17) is 15.6 Å². The van der Waals surface area contributed by atoms with Crippen molar-refractivity contribution in [1.29, 1.82) is 0 Å². The van der Waals surface area contributed by atoms with Crippen molar-refractivity contribution < 1.29 is 14.6 Å². The summed E-state index contributed by atoms with van der Waals surface area (Å²) >= 11 is 0. The summed E-state index contributed by atoms with van der Waals surface area (Å²) in [6.45, 7) is 5.22. The van der Waals surface area contributed by atoms with Crippen LogP contribution in [0.15, 0.2) is 18.2 Å². The summed E-state index contributed by atoms with van der Waals surface area (Å²) in [4.78, 5) is 14.8. The Morgan fingerprint density at radius 1 is 1.38 bits per heavy atom. The Bertz CT molecular complexity index is 549. The summed E-state index contributed by atoms with van der Waals surface area (Å²) in [6, 6.07) is 6.07. The summed E-state index contributed by atoms with van der Waals surface area (Å²) in [6.07, 6.45) is -0.829. The summed E-state index contributed by atoms with van der Waals surface area (Å²) < 4.78 is 5.98. The SMILES string of the molecule is Cc1c(N)cccc1C1CN2CCN(C(=O)O)CC2CO1. The van der Waals surface area contributed by atoms with Gasteiger partial charge in [0.25, 0.3) is 0 Å². The Kier molecular flexibility index (Phi) is 3.73. The van der Waals surface area contributed by atoms with Crippen molar-refractivity contribution in [3.8, 4) is 0 Å². The third-order valence-electron chi connectivity index (χ3n) is 4.53. The number of anilines is 1. The fraction of sp³-hybridized carbons (Fsp3) is 0.533. The van der Waals surface area contributed by atoms with Gasteiger partial charge in [0.1, 0.15) is 0 Å². The van der Waals surface area contributed by atoms with E-state index in [0.29, 0.717) is 19.7 Å². The maximum absolute atomic E-state index is 11.0. The molecule has 2 saturated heterocycles. The number of nitrogens with zero attached hydrogens (tertiary/aromatic N) is 2. The first kappa shape index (κ1) is 14.2. The van der Waals surface area contributed by atoms with Gasteiger partial charge in [-0.05, 0) is 24.1 Å². The molecule has 0 bridgehead atoms. The zero-order chi connectivity index (χ0) is 15.0. The van der Waals surface area contributed by atoms with Gasteiger partial charge in [-0.25, -0.2) is 4.79 Å². The lowest BCUT2D eigenvalue weighted by Gasteiger charge is -2.45. The second-order valence-electron chi connectivity index (χ2n) is 5.76. The second kappa shape index (κ2) is 5.54. The van der Waals surface area contributed by atoms with Crippen molar-refractivity contribution in [2.75, 3.05) is 38.5 Å². The molecule has 21 heavy (non-hydrogen) atoms. The predicted molar refractivity (Wildman–Crippen MR) is 79.2 cm³/mol. The minimum absolute atomic E-state index is 0.0149. The zero-order valence-corrected chi connectivity index (χ0v) is 12.2. The highest BCUT2D eigenvalue weighted by Gasteiger charge is 2.35. The Balaban J connectivity index is 1.71. The summed E-state index contributed by atoms with van der Waals surface area (Å²) in [5.41, 5.74) is 8.96. The van der Waals surface area contributed by atoms with Crippen molar-refractivity contribution in [3.63, 3.8) is 0 Å². The van der Waals surface area contributed by atoms with Crippen molar-refractivity contribution >= 4 is 11.8 Å². The molecular weight excluding hydrogens is 270 g/mol. The highest BCUT2D eigenvalue weighted by molar-refractivity contribution is 5.65. The molecule has 0 radical (unpaired) electrons. The van der Waals surface area contributed by atoms with Crippen LogP contribution in [0.2, 0.25) is 0 Å². The summed E-state index contributed by atoms with van der Waals surface area (Å²) in [7, 11) is 0. The van der Waals surface area contributed by atoms with E-state index in [1.807, 2.05) is 19.1 Å². The number of nitrogen functional groups attached to an aromatic ring is 1. The lowest BCUT2D eigenvalue weighted by Crippen LogP contribution is -2.59. The number of carboxylic acid groups (broad SMARTS) is 1. The average molecular weight is 291 g/mol. The van der Waals surface area contributed by atoms with E-state index in [1.54, 1.807) is 0 Å². The van der Waals surface area contributed by atoms with Crippen LogP contribution in [0.4, 0.5) is 10.5 Å². The van der Waals surface area contributed by atoms with Crippen LogP contribution in [0.5, 0.6) is 0 Å². The minimum Gasteiger partial charge on any atom is -0.465 e. The maximum Gasteiger partial charge on any atom is 0.407 e. The van der Waals surface area contributed by atoms with Crippen LogP contribution >= 0.6 is 0 Å². The topological polar surface area (TPSA) is 79.0 Å². The number of nitrogens with two attached hydrogens (primary N) is 1. The zero-order valence-electron chi connectivity index (χ0n) is 12.2. The number of fused-ring (bicyclic) bond motifs is 1. The molecule has 6 heteroatoms. The molecule has 1 amide bonds. The van der Waals surface area contributed by atoms with Crippen molar-refractivity contribution in [2.45, 2.75) is 19.1 Å². The third kappa shape index (κ3) is 2.69. The molecular formula is C15H21N3O3. The van der Waals surface area contributed by atoms with Gasteiger partial charge in [0, 0.05) is 31.9 Å². The van der Waals surface area contributed by atoms with E-state index in [9.17, 15) is 4.79 Å². The number of morpholine rings is 1. The molecule has 0 aliphatic carbocycles. The normalized spacial score (nSPS) is 26.4. The fourth-order valence-electron chi connectivity index (χ4n) is 3.17. The van der Waals surface area contributed by atoms with Gasteiger partial charge in [-0.3, -0.25) is 4.90 Å². The Morgan fingerprint density at radius 3 is 2.95 bits per heavy atom. The van der Waals surface area contributed by atoms with E-state index >= 15 is 0 Å². The van der Waals surface area contributed by atoms with Gasteiger partial charge in [0.15, 0.2) is 0 Å². The first-order valence-electron chi connectivity index (χ1n) is 7.24. The molecule has 6 nitrogen and oxygen atoms in total. The van der Waals surface area contributed by atoms with Gasteiger partial charge in [-0.15, -0.1) is 0 Å². The lowest BCUT2D eigenvalue weighted by atomic mass is 9.99. The number of carbonyl (C=O) groups is 1. The van der Waals surface area contributed by atoms with E-state index in [0.717, 1.165) is 29.9 Å². The van der Waals surface area contributed by atoms with Gasteiger partial charge in [0.05, 0.1) is 18.8 Å². The summed E-state index contributed by atoms with van der Waals surface area (Å²) in [5.74, 6) is 0. The van der Waals surface area contributed by atoms with Crippen molar-refractivity contribution in [2.24, 2.45) is 0 Å². The van der Waals surface area contributed by atoms with Crippen LogP contribution in [0.1, 0.15) is 17.2 Å². The van der Waals surface area contributed by atoms with E-state index in [2.05, 4.69) is 11.0 Å². The highest BCUT2D eigenvalue weighted by atomic mass is 16.5. The molecule has 0 saturated carbocycles. The first-order valence-corrected chi connectivity index (χ1v) is 7.24. The number of hydrogen-bond acceptors (Lipinski definition) is 4. The number of piperazine rings is 1. The van der Waals surface area contributed by atoms with E-state index < -0.39 is 6.09 Å².